The SMILES string of the molecule is CC.CCC.CCc1ccc2c(c1)C(c1ccc3c(c1)CC3)(c1ccc3c(c1)CC3)c1cc(C)ccc1-2. The zero-order valence-electron chi connectivity index (χ0n) is 23.7. The molecule has 0 saturated carbocycles. The molecule has 190 valence electrons. The van der Waals surface area contributed by atoms with E-state index in [-0.39, 0.29) is 5.41 Å². The summed E-state index contributed by atoms with van der Waals surface area (Å²) in [5.41, 5.74) is 17.3. The topological polar surface area (TPSA) is 0 Å². The Morgan fingerprint density at radius 1 is 0.568 bits per heavy atom. The van der Waals surface area contributed by atoms with Gasteiger partial charge in [0.05, 0.1) is 5.41 Å². The van der Waals surface area contributed by atoms with Gasteiger partial charge in [0.25, 0.3) is 0 Å². The summed E-state index contributed by atoms with van der Waals surface area (Å²) in [7, 11) is 0. The molecule has 3 aliphatic rings. The zero-order chi connectivity index (χ0) is 26.2. The van der Waals surface area contributed by atoms with Crippen molar-refractivity contribution in [3.05, 3.63) is 128 Å². The third-order valence-electron chi connectivity index (χ3n) is 8.37. The van der Waals surface area contributed by atoms with E-state index in [1.165, 1.54) is 87.7 Å². The van der Waals surface area contributed by atoms with Crippen LogP contribution in [0.3, 0.4) is 0 Å². The third kappa shape index (κ3) is 3.97. The molecule has 0 heterocycles. The maximum Gasteiger partial charge on any atom is 0.0713 e. The molecule has 0 radical (unpaired) electrons. The summed E-state index contributed by atoms with van der Waals surface area (Å²) < 4.78 is 0. The number of benzene rings is 4. The van der Waals surface area contributed by atoms with Gasteiger partial charge in [-0.05, 0) is 100 Å². The first-order valence-corrected chi connectivity index (χ1v) is 14.6. The van der Waals surface area contributed by atoms with E-state index in [9.17, 15) is 0 Å². The molecule has 7 rings (SSSR count). The summed E-state index contributed by atoms with van der Waals surface area (Å²) in [6.45, 7) is 12.8. The minimum Gasteiger partial charge on any atom is -0.0683 e. The van der Waals surface area contributed by atoms with E-state index in [0.29, 0.717) is 0 Å². The van der Waals surface area contributed by atoms with Gasteiger partial charge in [-0.3, -0.25) is 0 Å². The van der Waals surface area contributed by atoms with Crippen LogP contribution in [0.4, 0.5) is 0 Å². The quantitative estimate of drug-likeness (QED) is 0.238. The monoisotopic (exact) mass is 486 g/mol. The van der Waals surface area contributed by atoms with E-state index in [4.69, 9.17) is 0 Å². The fourth-order valence-corrected chi connectivity index (χ4v) is 6.35. The van der Waals surface area contributed by atoms with Crippen molar-refractivity contribution in [2.45, 2.75) is 85.5 Å². The Hall–Kier alpha value is -3.12. The Bertz CT molecular complexity index is 1380. The van der Waals surface area contributed by atoms with E-state index in [2.05, 4.69) is 100 Å². The van der Waals surface area contributed by atoms with Crippen molar-refractivity contribution in [1.29, 1.82) is 0 Å². The van der Waals surface area contributed by atoms with E-state index < -0.39 is 0 Å². The second-order valence-electron chi connectivity index (χ2n) is 10.7. The molecular weight excluding hydrogens is 444 g/mol. The standard InChI is InChI=1S/C32H28.C3H8.C2H6/c1-3-21-5-15-29-28-14-4-20(2)16-30(28)32(31(29)17-21,26-12-10-22-6-8-24(22)18-26)27-13-11-23-7-9-25(23)19-27;1-3-2;1-2/h4-5,10-19H,3,6-9H2,1-2H3;3H2,1-2H3;1-2H3. The molecule has 0 nitrogen and oxygen atoms in total. The van der Waals surface area contributed by atoms with Crippen molar-refractivity contribution in [2.75, 3.05) is 0 Å². The summed E-state index contributed by atoms with van der Waals surface area (Å²) in [6, 6.07) is 29.0. The molecule has 0 aromatic heterocycles. The van der Waals surface area contributed by atoms with Crippen LogP contribution in [0, 0.1) is 6.92 Å². The average molecular weight is 487 g/mol. The molecule has 0 saturated heterocycles. The highest BCUT2D eigenvalue weighted by Crippen LogP contribution is 2.57. The van der Waals surface area contributed by atoms with Crippen LogP contribution >= 0.6 is 0 Å². The second-order valence-corrected chi connectivity index (χ2v) is 10.7. The summed E-state index contributed by atoms with van der Waals surface area (Å²) >= 11 is 0. The van der Waals surface area contributed by atoms with Gasteiger partial charge in [0, 0.05) is 0 Å². The molecule has 0 aliphatic heterocycles. The van der Waals surface area contributed by atoms with Crippen LogP contribution in [-0.4, -0.2) is 0 Å². The maximum absolute atomic E-state index is 2.53. The predicted molar refractivity (Wildman–Crippen MR) is 160 cm³/mol. The lowest BCUT2D eigenvalue weighted by Gasteiger charge is -2.37. The first kappa shape index (κ1) is 25.5. The summed E-state index contributed by atoms with van der Waals surface area (Å²) in [5, 5.41) is 0. The average Bonchev–Trinajstić information content (AvgIpc) is 3.17. The molecule has 0 bridgehead atoms. The maximum atomic E-state index is 2.53. The normalized spacial score (nSPS) is 14.8. The molecule has 37 heavy (non-hydrogen) atoms. The van der Waals surface area contributed by atoms with E-state index in [1.54, 1.807) is 11.1 Å². The van der Waals surface area contributed by atoms with Gasteiger partial charge in [-0.1, -0.05) is 119 Å². The number of hydrogen-bond acceptors (Lipinski definition) is 0. The minimum absolute atomic E-state index is 0.239. The van der Waals surface area contributed by atoms with E-state index in [1.807, 2.05) is 13.8 Å². The smallest absolute Gasteiger partial charge is 0.0683 e. The molecule has 0 atom stereocenters. The molecule has 0 unspecified atom stereocenters. The molecule has 3 aliphatic carbocycles. The highest BCUT2D eigenvalue weighted by Gasteiger charge is 2.47. The van der Waals surface area contributed by atoms with Crippen LogP contribution in [0.25, 0.3) is 11.1 Å². The fraction of sp³-hybridized carbons (Fsp3) is 0.351. The first-order valence-electron chi connectivity index (χ1n) is 14.6. The van der Waals surface area contributed by atoms with Gasteiger partial charge >= 0.3 is 0 Å². The number of aryl methyl sites for hydroxylation is 6. The van der Waals surface area contributed by atoms with E-state index >= 15 is 0 Å². The molecule has 0 heteroatoms. The first-order chi connectivity index (χ1) is 18.1. The van der Waals surface area contributed by atoms with Crippen molar-refractivity contribution in [1.82, 2.24) is 0 Å². The Labute approximate surface area is 224 Å². The third-order valence-corrected chi connectivity index (χ3v) is 8.37. The van der Waals surface area contributed by atoms with Crippen LogP contribution in [0.1, 0.15) is 96.7 Å². The molecule has 0 fully saturated rings. The van der Waals surface area contributed by atoms with Crippen molar-refractivity contribution in [3.63, 3.8) is 0 Å². The van der Waals surface area contributed by atoms with Gasteiger partial charge in [0.15, 0.2) is 0 Å². The largest absolute Gasteiger partial charge is 0.0713 e. The number of rotatable bonds is 3. The molecule has 4 aromatic carbocycles. The summed E-state index contributed by atoms with van der Waals surface area (Å²) in [6.07, 6.45) is 7.20. The minimum atomic E-state index is -0.239. The molecule has 0 N–H and O–H groups in total. The number of fused-ring (bicyclic) bond motifs is 5. The van der Waals surface area contributed by atoms with Crippen molar-refractivity contribution in [2.24, 2.45) is 0 Å². The van der Waals surface area contributed by atoms with Gasteiger partial charge in [0.1, 0.15) is 0 Å². The van der Waals surface area contributed by atoms with Crippen molar-refractivity contribution >= 4 is 0 Å². The van der Waals surface area contributed by atoms with Gasteiger partial charge in [-0.2, -0.15) is 0 Å². The van der Waals surface area contributed by atoms with Gasteiger partial charge in [-0.25, -0.2) is 0 Å². The van der Waals surface area contributed by atoms with E-state index in [0.717, 1.165) is 6.42 Å². The number of hydrogen-bond donors (Lipinski definition) is 0. The van der Waals surface area contributed by atoms with Crippen molar-refractivity contribution < 1.29 is 0 Å². The molecular formula is C37H42. The Balaban J connectivity index is 0.000000525. The van der Waals surface area contributed by atoms with Crippen LogP contribution < -0.4 is 0 Å². The molecule has 0 amide bonds. The van der Waals surface area contributed by atoms with Crippen LogP contribution in [0.2, 0.25) is 0 Å². The van der Waals surface area contributed by atoms with Crippen molar-refractivity contribution in [3.8, 4) is 11.1 Å². The lowest BCUT2D eigenvalue weighted by molar-refractivity contribution is 0.738. The van der Waals surface area contributed by atoms with Crippen LogP contribution in [0.15, 0.2) is 72.8 Å². The Morgan fingerprint density at radius 2 is 1.05 bits per heavy atom. The predicted octanol–water partition coefficient (Wildman–Crippen LogP) is 9.56. The highest BCUT2D eigenvalue weighted by atomic mass is 14.5. The van der Waals surface area contributed by atoms with Crippen LogP contribution in [0.5, 0.6) is 0 Å². The fourth-order valence-electron chi connectivity index (χ4n) is 6.35. The van der Waals surface area contributed by atoms with Gasteiger partial charge in [-0.15, -0.1) is 0 Å². The zero-order valence-corrected chi connectivity index (χ0v) is 23.7. The molecule has 4 aromatic rings. The van der Waals surface area contributed by atoms with Crippen LogP contribution in [-0.2, 0) is 37.5 Å². The molecule has 0 spiro atoms. The second kappa shape index (κ2) is 10.3. The highest BCUT2D eigenvalue weighted by molar-refractivity contribution is 5.87. The Morgan fingerprint density at radius 3 is 1.51 bits per heavy atom. The van der Waals surface area contributed by atoms with Gasteiger partial charge in [0.2, 0.25) is 0 Å². The lowest BCUT2D eigenvalue weighted by atomic mass is 9.65. The Kier molecular flexibility index (Phi) is 7.13. The lowest BCUT2D eigenvalue weighted by Crippen LogP contribution is -2.30. The summed E-state index contributed by atoms with van der Waals surface area (Å²) in [5.74, 6) is 0. The van der Waals surface area contributed by atoms with Gasteiger partial charge < -0.3 is 0 Å². The summed E-state index contributed by atoms with van der Waals surface area (Å²) in [4.78, 5) is 0.